The molecule has 108 valence electrons. The van der Waals surface area contributed by atoms with Crippen LogP contribution in [0.2, 0.25) is 0 Å². The van der Waals surface area contributed by atoms with Crippen molar-refractivity contribution in [3.63, 3.8) is 0 Å². The molecule has 19 heavy (non-hydrogen) atoms. The molecule has 0 aliphatic carbocycles. The molecule has 1 aromatic rings. The van der Waals surface area contributed by atoms with Gasteiger partial charge in [-0.15, -0.1) is 0 Å². The van der Waals surface area contributed by atoms with Crippen molar-refractivity contribution < 1.29 is 9.90 Å². The summed E-state index contributed by atoms with van der Waals surface area (Å²) in [5.74, 6) is 0.0695. The van der Waals surface area contributed by atoms with Crippen molar-refractivity contribution in [3.05, 3.63) is 12.4 Å². The number of hydrogen-bond donors (Lipinski definition) is 3. The summed E-state index contributed by atoms with van der Waals surface area (Å²) in [7, 11) is 0. The topological polar surface area (TPSA) is 79.2 Å². The Bertz CT molecular complexity index is 413. The highest BCUT2D eigenvalue weighted by Gasteiger charge is 2.25. The number of rotatable bonds is 6. The molecular weight excluding hydrogens is 244 g/mol. The Morgan fingerprint density at radius 3 is 2.84 bits per heavy atom. The van der Waals surface area contributed by atoms with Gasteiger partial charge in [-0.1, -0.05) is 20.8 Å². The van der Waals surface area contributed by atoms with Crippen LogP contribution in [0, 0.1) is 5.92 Å². The van der Waals surface area contributed by atoms with Gasteiger partial charge < -0.3 is 15.7 Å². The van der Waals surface area contributed by atoms with Crippen LogP contribution in [-0.2, 0) is 6.54 Å². The number of nitrogens with one attached hydrogen (secondary N) is 2. The molecule has 0 bridgehead atoms. The van der Waals surface area contributed by atoms with Gasteiger partial charge in [0.2, 0.25) is 0 Å². The van der Waals surface area contributed by atoms with Crippen LogP contribution >= 0.6 is 0 Å². The molecule has 2 amide bonds. The molecule has 1 unspecified atom stereocenters. The van der Waals surface area contributed by atoms with E-state index in [1.54, 1.807) is 24.0 Å². The quantitative estimate of drug-likeness (QED) is 0.736. The van der Waals surface area contributed by atoms with E-state index >= 15 is 0 Å². The van der Waals surface area contributed by atoms with Gasteiger partial charge in [-0.25, -0.2) is 4.79 Å². The summed E-state index contributed by atoms with van der Waals surface area (Å²) in [6, 6.07) is -0.336. The van der Waals surface area contributed by atoms with Crippen molar-refractivity contribution in [1.82, 2.24) is 15.1 Å². The maximum atomic E-state index is 11.7. The third kappa shape index (κ3) is 4.90. The van der Waals surface area contributed by atoms with E-state index in [1.807, 2.05) is 13.8 Å². The first-order valence-corrected chi connectivity index (χ1v) is 6.65. The van der Waals surface area contributed by atoms with Crippen LogP contribution in [0.3, 0.4) is 0 Å². The molecule has 0 aliphatic heterocycles. The fourth-order valence-electron chi connectivity index (χ4n) is 1.42. The summed E-state index contributed by atoms with van der Waals surface area (Å²) >= 11 is 0. The first kappa shape index (κ1) is 15.5. The van der Waals surface area contributed by atoms with Crippen molar-refractivity contribution >= 4 is 11.7 Å². The van der Waals surface area contributed by atoms with E-state index in [9.17, 15) is 9.90 Å². The Kier molecular flexibility index (Phi) is 5.35. The van der Waals surface area contributed by atoms with Gasteiger partial charge in [-0.05, 0) is 19.3 Å². The van der Waals surface area contributed by atoms with Crippen LogP contribution in [0.15, 0.2) is 12.4 Å². The maximum Gasteiger partial charge on any atom is 0.319 e. The number of hydrogen-bond acceptors (Lipinski definition) is 3. The van der Waals surface area contributed by atoms with Gasteiger partial charge in [0.15, 0.2) is 0 Å². The number of carbonyl (C=O) groups is 1. The summed E-state index contributed by atoms with van der Waals surface area (Å²) < 4.78 is 1.78. The second kappa shape index (κ2) is 6.56. The van der Waals surface area contributed by atoms with Crippen molar-refractivity contribution in [2.75, 3.05) is 11.9 Å². The maximum absolute atomic E-state index is 11.7. The number of aliphatic hydroxyl groups is 1. The summed E-state index contributed by atoms with van der Waals surface area (Å²) in [6.45, 7) is 8.63. The zero-order chi connectivity index (χ0) is 14.5. The van der Waals surface area contributed by atoms with Crippen molar-refractivity contribution in [2.45, 2.75) is 46.3 Å². The van der Waals surface area contributed by atoms with Gasteiger partial charge in [0.1, 0.15) is 0 Å². The molecule has 0 fully saturated rings. The van der Waals surface area contributed by atoms with Crippen LogP contribution in [0.5, 0.6) is 0 Å². The second-order valence-corrected chi connectivity index (χ2v) is 5.31. The normalized spacial score (nSPS) is 14.2. The molecule has 0 aliphatic rings. The largest absolute Gasteiger partial charge is 0.388 e. The Labute approximate surface area is 114 Å². The zero-order valence-electron chi connectivity index (χ0n) is 12.1. The molecular formula is C13H24N4O2. The lowest BCUT2D eigenvalue weighted by molar-refractivity contribution is 0.0170. The molecule has 0 aromatic carbocycles. The Balaban J connectivity index is 2.42. The lowest BCUT2D eigenvalue weighted by Crippen LogP contribution is -2.45. The molecule has 6 heteroatoms. The molecule has 0 saturated carbocycles. The van der Waals surface area contributed by atoms with Crippen LogP contribution in [0.4, 0.5) is 10.5 Å². The Morgan fingerprint density at radius 1 is 1.58 bits per heavy atom. The van der Waals surface area contributed by atoms with Gasteiger partial charge in [-0.2, -0.15) is 5.10 Å². The van der Waals surface area contributed by atoms with Crippen LogP contribution in [0.1, 0.15) is 34.1 Å². The van der Waals surface area contributed by atoms with Crippen LogP contribution in [0.25, 0.3) is 0 Å². The Hall–Kier alpha value is -1.56. The smallest absolute Gasteiger partial charge is 0.319 e. The van der Waals surface area contributed by atoms with Crippen molar-refractivity contribution in [1.29, 1.82) is 0 Å². The van der Waals surface area contributed by atoms with Gasteiger partial charge >= 0.3 is 6.03 Å². The molecule has 1 rings (SSSR count). The molecule has 6 nitrogen and oxygen atoms in total. The summed E-state index contributed by atoms with van der Waals surface area (Å²) in [5.41, 5.74) is -0.265. The van der Waals surface area contributed by atoms with Gasteiger partial charge in [0.25, 0.3) is 0 Å². The first-order valence-electron chi connectivity index (χ1n) is 6.65. The third-order valence-electron chi connectivity index (χ3n) is 3.19. The summed E-state index contributed by atoms with van der Waals surface area (Å²) in [6.07, 6.45) is 4.38. The summed E-state index contributed by atoms with van der Waals surface area (Å²) in [5, 5.41) is 19.5. The van der Waals surface area contributed by atoms with Gasteiger partial charge in [-0.3, -0.25) is 4.68 Å². The van der Waals surface area contributed by atoms with Crippen molar-refractivity contribution in [3.8, 4) is 0 Å². The minimum absolute atomic E-state index is 0.0695. The number of amides is 2. The predicted octanol–water partition coefficient (Wildman–Crippen LogP) is 1.82. The number of nitrogens with zero attached hydrogens (tertiary/aromatic N) is 2. The zero-order valence-corrected chi connectivity index (χ0v) is 12.1. The van der Waals surface area contributed by atoms with E-state index in [1.165, 1.54) is 0 Å². The van der Waals surface area contributed by atoms with E-state index < -0.39 is 5.60 Å². The molecule has 0 saturated heterocycles. The highest BCUT2D eigenvalue weighted by Crippen LogP contribution is 2.14. The van der Waals surface area contributed by atoms with E-state index in [2.05, 4.69) is 22.7 Å². The Morgan fingerprint density at radius 2 is 2.26 bits per heavy atom. The SMILES string of the molecule is CCCn1cc(NC(=O)NCC(C)(O)C(C)C)cn1. The first-order chi connectivity index (χ1) is 8.85. The van der Waals surface area contributed by atoms with E-state index in [0.29, 0.717) is 5.69 Å². The number of aryl methyl sites for hydroxylation is 1. The van der Waals surface area contributed by atoms with E-state index in [4.69, 9.17) is 0 Å². The lowest BCUT2D eigenvalue weighted by atomic mass is 9.93. The minimum atomic E-state index is -0.913. The van der Waals surface area contributed by atoms with Crippen molar-refractivity contribution in [2.24, 2.45) is 5.92 Å². The second-order valence-electron chi connectivity index (χ2n) is 5.31. The van der Waals surface area contributed by atoms with Crippen LogP contribution in [-0.4, -0.2) is 33.1 Å². The number of anilines is 1. The summed E-state index contributed by atoms with van der Waals surface area (Å²) in [4.78, 5) is 11.7. The number of aromatic nitrogens is 2. The van der Waals surface area contributed by atoms with Gasteiger partial charge in [0, 0.05) is 19.3 Å². The van der Waals surface area contributed by atoms with E-state index in [-0.39, 0.29) is 18.5 Å². The highest BCUT2D eigenvalue weighted by atomic mass is 16.3. The van der Waals surface area contributed by atoms with Crippen LogP contribution < -0.4 is 10.6 Å². The predicted molar refractivity (Wildman–Crippen MR) is 75.0 cm³/mol. The fourth-order valence-corrected chi connectivity index (χ4v) is 1.42. The molecule has 1 atom stereocenters. The minimum Gasteiger partial charge on any atom is -0.388 e. The lowest BCUT2D eigenvalue weighted by Gasteiger charge is -2.27. The number of carbonyl (C=O) groups excluding carboxylic acids is 1. The molecule has 0 radical (unpaired) electrons. The number of urea groups is 1. The fraction of sp³-hybridized carbons (Fsp3) is 0.692. The average Bonchev–Trinajstić information content (AvgIpc) is 2.74. The molecule has 0 spiro atoms. The third-order valence-corrected chi connectivity index (χ3v) is 3.19. The average molecular weight is 268 g/mol. The standard InChI is InChI=1S/C13H24N4O2/c1-5-6-17-8-11(7-15-17)16-12(18)14-9-13(4,19)10(2)3/h7-8,10,19H,5-6,9H2,1-4H3,(H2,14,16,18). The van der Waals surface area contributed by atoms with Gasteiger partial charge in [0.05, 0.1) is 17.5 Å². The monoisotopic (exact) mass is 268 g/mol. The molecule has 1 heterocycles. The van der Waals surface area contributed by atoms with E-state index in [0.717, 1.165) is 13.0 Å². The molecule has 1 aromatic heterocycles. The molecule has 3 N–H and O–H groups in total. The highest BCUT2D eigenvalue weighted by molar-refractivity contribution is 5.88.